The number of nitrogens with zero attached hydrogens (tertiary/aromatic N) is 1. The van der Waals surface area contributed by atoms with Gasteiger partial charge >= 0.3 is 0 Å². The van der Waals surface area contributed by atoms with Crippen molar-refractivity contribution in [1.82, 2.24) is 4.90 Å². The molecule has 0 amide bonds. The largest absolute Gasteiger partial charge is 0.508 e. The molecule has 2 rings (SSSR count). The van der Waals surface area contributed by atoms with Gasteiger partial charge in [0.2, 0.25) is 0 Å². The lowest BCUT2D eigenvalue weighted by molar-refractivity contribution is 0.309. The molecule has 14 heavy (non-hydrogen) atoms. The predicted molar refractivity (Wildman–Crippen MR) is 57.5 cm³/mol. The Hall–Kier alpha value is -1.02. The van der Waals surface area contributed by atoms with E-state index in [2.05, 4.69) is 18.0 Å². The summed E-state index contributed by atoms with van der Waals surface area (Å²) < 4.78 is 0. The average Bonchev–Trinajstić information content (AvgIpc) is 2.52. The maximum atomic E-state index is 9.34. The Bertz CT molecular complexity index is 311. The van der Waals surface area contributed by atoms with Crippen molar-refractivity contribution in [3.05, 3.63) is 29.8 Å². The molecule has 1 fully saturated rings. The van der Waals surface area contributed by atoms with Crippen LogP contribution in [0.5, 0.6) is 5.75 Å². The Morgan fingerprint density at radius 2 is 2.36 bits per heavy atom. The van der Waals surface area contributed by atoms with Crippen LogP contribution in [0.2, 0.25) is 0 Å². The van der Waals surface area contributed by atoms with E-state index in [1.165, 1.54) is 24.9 Å². The Kier molecular flexibility index (Phi) is 2.73. The van der Waals surface area contributed by atoms with E-state index in [1.54, 1.807) is 6.07 Å². The molecule has 2 nitrogen and oxygen atoms in total. The Balaban J connectivity index is 2.03. The first-order valence-corrected chi connectivity index (χ1v) is 5.24. The minimum atomic E-state index is 0.378. The lowest BCUT2D eigenvalue weighted by Crippen LogP contribution is -2.26. The van der Waals surface area contributed by atoms with Crippen molar-refractivity contribution in [3.63, 3.8) is 0 Å². The van der Waals surface area contributed by atoms with Crippen molar-refractivity contribution in [2.45, 2.75) is 25.3 Å². The van der Waals surface area contributed by atoms with Crippen molar-refractivity contribution in [2.24, 2.45) is 0 Å². The first kappa shape index (κ1) is 9.53. The number of phenols is 1. The topological polar surface area (TPSA) is 23.5 Å². The van der Waals surface area contributed by atoms with Crippen LogP contribution in [0.25, 0.3) is 0 Å². The molecule has 1 aromatic rings. The smallest absolute Gasteiger partial charge is 0.115 e. The second kappa shape index (κ2) is 4.01. The zero-order chi connectivity index (χ0) is 9.97. The van der Waals surface area contributed by atoms with E-state index in [-0.39, 0.29) is 0 Å². The summed E-state index contributed by atoms with van der Waals surface area (Å²) in [4.78, 5) is 2.41. The van der Waals surface area contributed by atoms with E-state index in [0.29, 0.717) is 11.8 Å². The molecule has 1 unspecified atom stereocenters. The Morgan fingerprint density at radius 1 is 1.50 bits per heavy atom. The average molecular weight is 191 g/mol. The second-order valence-corrected chi connectivity index (χ2v) is 4.15. The fourth-order valence-corrected chi connectivity index (χ4v) is 2.19. The number of likely N-dealkylation sites (N-methyl/N-ethyl adjacent to an activating group) is 1. The van der Waals surface area contributed by atoms with Crippen molar-refractivity contribution >= 4 is 0 Å². The van der Waals surface area contributed by atoms with Crippen LogP contribution in [0.1, 0.15) is 18.4 Å². The molecule has 1 heterocycles. The highest BCUT2D eigenvalue weighted by Gasteiger charge is 2.20. The maximum absolute atomic E-state index is 9.34. The maximum Gasteiger partial charge on any atom is 0.115 e. The van der Waals surface area contributed by atoms with Gasteiger partial charge in [-0.2, -0.15) is 0 Å². The minimum absolute atomic E-state index is 0.378. The van der Waals surface area contributed by atoms with E-state index in [1.807, 2.05) is 12.1 Å². The summed E-state index contributed by atoms with van der Waals surface area (Å²) in [7, 11) is 2.18. The number of benzene rings is 1. The summed E-state index contributed by atoms with van der Waals surface area (Å²) in [5, 5.41) is 9.34. The molecule has 2 heteroatoms. The van der Waals surface area contributed by atoms with E-state index < -0.39 is 0 Å². The third kappa shape index (κ3) is 2.07. The zero-order valence-corrected chi connectivity index (χ0v) is 8.61. The zero-order valence-electron chi connectivity index (χ0n) is 8.61. The van der Waals surface area contributed by atoms with Crippen LogP contribution in [0, 0.1) is 0 Å². The molecule has 1 N–H and O–H groups in total. The van der Waals surface area contributed by atoms with Gasteiger partial charge in [-0.3, -0.25) is 0 Å². The lowest BCUT2D eigenvalue weighted by Gasteiger charge is -2.19. The van der Waals surface area contributed by atoms with Gasteiger partial charge in [0.25, 0.3) is 0 Å². The van der Waals surface area contributed by atoms with Crippen molar-refractivity contribution in [2.75, 3.05) is 13.6 Å². The van der Waals surface area contributed by atoms with Crippen molar-refractivity contribution in [3.8, 4) is 5.75 Å². The van der Waals surface area contributed by atoms with Crippen LogP contribution in [-0.4, -0.2) is 29.6 Å². The fraction of sp³-hybridized carbons (Fsp3) is 0.500. The van der Waals surface area contributed by atoms with Gasteiger partial charge in [-0.1, -0.05) is 12.1 Å². The first-order valence-electron chi connectivity index (χ1n) is 5.24. The monoisotopic (exact) mass is 191 g/mol. The number of aromatic hydroxyl groups is 1. The van der Waals surface area contributed by atoms with Gasteiger partial charge < -0.3 is 10.0 Å². The van der Waals surface area contributed by atoms with E-state index >= 15 is 0 Å². The molecule has 0 aromatic heterocycles. The van der Waals surface area contributed by atoms with Crippen LogP contribution < -0.4 is 0 Å². The molecule has 0 saturated carbocycles. The summed E-state index contributed by atoms with van der Waals surface area (Å²) in [6.07, 6.45) is 3.65. The highest BCUT2D eigenvalue weighted by molar-refractivity contribution is 5.27. The van der Waals surface area contributed by atoms with Crippen LogP contribution in [0.15, 0.2) is 24.3 Å². The number of likely N-dealkylation sites (tertiary alicyclic amines) is 1. The van der Waals surface area contributed by atoms with E-state index in [0.717, 1.165) is 6.42 Å². The van der Waals surface area contributed by atoms with Crippen LogP contribution in [0.4, 0.5) is 0 Å². The molecule has 0 bridgehead atoms. The first-order chi connectivity index (χ1) is 6.75. The van der Waals surface area contributed by atoms with Gasteiger partial charge in [0.15, 0.2) is 0 Å². The quantitative estimate of drug-likeness (QED) is 0.773. The number of hydrogen-bond acceptors (Lipinski definition) is 2. The third-order valence-electron chi connectivity index (χ3n) is 3.05. The summed E-state index contributed by atoms with van der Waals surface area (Å²) >= 11 is 0. The van der Waals surface area contributed by atoms with Gasteiger partial charge in [0.05, 0.1) is 0 Å². The molecule has 0 spiro atoms. The molecule has 1 atom stereocenters. The SMILES string of the molecule is CN1CCCC1Cc1cccc(O)c1. The lowest BCUT2D eigenvalue weighted by atomic mass is 10.0. The summed E-state index contributed by atoms with van der Waals surface area (Å²) in [6, 6.07) is 8.26. The van der Waals surface area contributed by atoms with Crippen LogP contribution in [0.3, 0.4) is 0 Å². The van der Waals surface area contributed by atoms with Crippen LogP contribution >= 0.6 is 0 Å². The van der Waals surface area contributed by atoms with Gasteiger partial charge in [-0.15, -0.1) is 0 Å². The van der Waals surface area contributed by atoms with Gasteiger partial charge in [-0.25, -0.2) is 0 Å². The standard InChI is InChI=1S/C12H17NO/c1-13-7-3-5-11(13)8-10-4-2-6-12(14)9-10/h2,4,6,9,11,14H,3,5,7-8H2,1H3. The van der Waals surface area contributed by atoms with Crippen molar-refractivity contribution < 1.29 is 5.11 Å². The molecule has 76 valence electrons. The normalized spacial score (nSPS) is 22.8. The molecule has 1 aromatic carbocycles. The summed E-state index contributed by atoms with van der Waals surface area (Å²) in [5.41, 5.74) is 1.24. The number of phenolic OH excluding ortho intramolecular Hbond substituents is 1. The molecule has 1 saturated heterocycles. The fourth-order valence-electron chi connectivity index (χ4n) is 2.19. The molecule has 0 aliphatic carbocycles. The summed E-state index contributed by atoms with van der Waals surface area (Å²) in [6.45, 7) is 1.21. The molecule has 0 radical (unpaired) electrons. The van der Waals surface area contributed by atoms with Crippen molar-refractivity contribution in [1.29, 1.82) is 0 Å². The molecule has 1 aliphatic heterocycles. The number of rotatable bonds is 2. The molecular formula is C12H17NO. The predicted octanol–water partition coefficient (Wildman–Crippen LogP) is 2.03. The highest BCUT2D eigenvalue weighted by Crippen LogP contribution is 2.20. The Labute approximate surface area is 85.2 Å². The summed E-state index contributed by atoms with van der Waals surface area (Å²) in [5.74, 6) is 0.378. The highest BCUT2D eigenvalue weighted by atomic mass is 16.3. The van der Waals surface area contributed by atoms with Gasteiger partial charge in [0.1, 0.15) is 5.75 Å². The van der Waals surface area contributed by atoms with Gasteiger partial charge in [0, 0.05) is 6.04 Å². The van der Waals surface area contributed by atoms with E-state index in [9.17, 15) is 5.11 Å². The van der Waals surface area contributed by atoms with Gasteiger partial charge in [-0.05, 0) is 50.6 Å². The molecule has 1 aliphatic rings. The second-order valence-electron chi connectivity index (χ2n) is 4.15. The Morgan fingerprint density at radius 3 is 3.00 bits per heavy atom. The minimum Gasteiger partial charge on any atom is -0.508 e. The third-order valence-corrected chi connectivity index (χ3v) is 3.05. The molecular weight excluding hydrogens is 174 g/mol. The number of hydrogen-bond donors (Lipinski definition) is 1. The van der Waals surface area contributed by atoms with Crippen LogP contribution in [-0.2, 0) is 6.42 Å². The van der Waals surface area contributed by atoms with E-state index in [4.69, 9.17) is 0 Å².